The van der Waals surface area contributed by atoms with Crippen molar-refractivity contribution in [1.29, 1.82) is 0 Å². The second-order valence-electron chi connectivity index (χ2n) is 3.98. The summed E-state index contributed by atoms with van der Waals surface area (Å²) in [6, 6.07) is 1.54. The van der Waals surface area contributed by atoms with Gasteiger partial charge in [-0.3, -0.25) is 4.79 Å². The zero-order chi connectivity index (χ0) is 13.7. The van der Waals surface area contributed by atoms with Gasteiger partial charge < -0.3 is 11.1 Å². The number of carbonyl (C=O) groups is 1. The first kappa shape index (κ1) is 15.2. The molecule has 0 aliphatic carbocycles. The van der Waals surface area contributed by atoms with Gasteiger partial charge in [-0.2, -0.15) is 0 Å². The Hall–Kier alpha value is -0.840. The maximum absolute atomic E-state index is 13.0. The lowest BCUT2D eigenvalue weighted by Crippen LogP contribution is -2.35. The van der Waals surface area contributed by atoms with E-state index in [9.17, 15) is 9.18 Å². The van der Waals surface area contributed by atoms with Gasteiger partial charge in [0.1, 0.15) is 5.82 Å². The van der Waals surface area contributed by atoms with Crippen molar-refractivity contribution in [2.45, 2.75) is 32.2 Å². The van der Waals surface area contributed by atoms with Gasteiger partial charge >= 0.3 is 0 Å². The second kappa shape index (κ2) is 6.92. The zero-order valence-electron chi connectivity index (χ0n) is 9.97. The number of benzene rings is 1. The highest BCUT2D eigenvalue weighted by Gasteiger charge is 2.16. The molecule has 0 bridgehead atoms. The molecule has 18 heavy (non-hydrogen) atoms. The van der Waals surface area contributed by atoms with Crippen LogP contribution in [0.25, 0.3) is 0 Å². The fraction of sp³-hybridized carbons (Fsp3) is 0.417. The van der Waals surface area contributed by atoms with Gasteiger partial charge in [-0.1, -0.05) is 43.0 Å². The first-order chi connectivity index (χ1) is 8.45. The minimum absolute atomic E-state index is 0.0519. The Morgan fingerprint density at radius 2 is 2.00 bits per heavy atom. The number of nitrogens with two attached hydrogens (primary N) is 1. The molecule has 0 radical (unpaired) electrons. The van der Waals surface area contributed by atoms with Gasteiger partial charge in [0, 0.05) is 0 Å². The first-order valence-electron chi connectivity index (χ1n) is 5.66. The fourth-order valence-corrected chi connectivity index (χ4v) is 1.99. The molecular formula is C12H15Cl2FN2O. The molecule has 0 heterocycles. The third-order valence-corrected chi connectivity index (χ3v) is 3.06. The van der Waals surface area contributed by atoms with Crippen LogP contribution in [0.2, 0.25) is 10.0 Å². The molecule has 0 aliphatic heterocycles. The van der Waals surface area contributed by atoms with E-state index in [0.717, 1.165) is 25.0 Å². The van der Waals surface area contributed by atoms with Crippen molar-refractivity contribution in [3.05, 3.63) is 28.0 Å². The summed E-state index contributed by atoms with van der Waals surface area (Å²) < 4.78 is 13.0. The molecule has 0 spiro atoms. The maximum atomic E-state index is 13.0. The van der Waals surface area contributed by atoms with E-state index < -0.39 is 11.9 Å². The third-order valence-electron chi connectivity index (χ3n) is 2.46. The van der Waals surface area contributed by atoms with E-state index in [4.69, 9.17) is 28.9 Å². The second-order valence-corrected chi connectivity index (χ2v) is 4.80. The molecule has 1 aromatic carbocycles. The van der Waals surface area contributed by atoms with Crippen molar-refractivity contribution in [2.75, 3.05) is 5.32 Å². The molecule has 0 saturated heterocycles. The van der Waals surface area contributed by atoms with Crippen molar-refractivity contribution >= 4 is 34.8 Å². The summed E-state index contributed by atoms with van der Waals surface area (Å²) in [5.74, 6) is -0.933. The SMILES string of the molecule is CCCCC(N)C(=O)Nc1c(Cl)cc(F)cc1Cl. The van der Waals surface area contributed by atoms with Crippen LogP contribution in [-0.4, -0.2) is 11.9 Å². The minimum Gasteiger partial charge on any atom is -0.322 e. The first-order valence-corrected chi connectivity index (χ1v) is 6.42. The van der Waals surface area contributed by atoms with Crippen LogP contribution in [0.1, 0.15) is 26.2 Å². The Kier molecular flexibility index (Phi) is 5.85. The Balaban J connectivity index is 2.76. The summed E-state index contributed by atoms with van der Waals surface area (Å²) in [7, 11) is 0. The van der Waals surface area contributed by atoms with Gasteiger partial charge in [0.2, 0.25) is 5.91 Å². The number of nitrogens with one attached hydrogen (secondary N) is 1. The average molecular weight is 293 g/mol. The van der Waals surface area contributed by atoms with Crippen molar-refractivity contribution in [3.63, 3.8) is 0 Å². The molecule has 6 heteroatoms. The molecular weight excluding hydrogens is 278 g/mol. The van der Waals surface area contributed by atoms with Crippen LogP contribution < -0.4 is 11.1 Å². The van der Waals surface area contributed by atoms with Crippen LogP contribution in [0.15, 0.2) is 12.1 Å². The maximum Gasteiger partial charge on any atom is 0.241 e. The van der Waals surface area contributed by atoms with E-state index in [0.29, 0.717) is 6.42 Å². The largest absolute Gasteiger partial charge is 0.322 e. The minimum atomic E-state index is -0.623. The number of anilines is 1. The van der Waals surface area contributed by atoms with E-state index in [1.54, 1.807) is 0 Å². The highest BCUT2D eigenvalue weighted by molar-refractivity contribution is 6.39. The molecule has 1 atom stereocenters. The topological polar surface area (TPSA) is 55.1 Å². The average Bonchev–Trinajstić information content (AvgIpc) is 2.30. The highest BCUT2D eigenvalue weighted by Crippen LogP contribution is 2.31. The van der Waals surface area contributed by atoms with Gasteiger partial charge in [-0.25, -0.2) is 4.39 Å². The monoisotopic (exact) mass is 292 g/mol. The molecule has 0 aliphatic rings. The summed E-state index contributed by atoms with van der Waals surface area (Å²) in [5.41, 5.74) is 5.90. The standard InChI is InChI=1S/C12H15Cl2FN2O/c1-2-3-4-10(16)12(18)17-11-8(13)5-7(15)6-9(11)14/h5-6,10H,2-4,16H2,1H3,(H,17,18). The van der Waals surface area contributed by atoms with Crippen LogP contribution in [0, 0.1) is 5.82 Å². The number of amides is 1. The molecule has 3 N–H and O–H groups in total. The van der Waals surface area contributed by atoms with Gasteiger partial charge in [-0.05, 0) is 18.6 Å². The molecule has 1 unspecified atom stereocenters. The third kappa shape index (κ3) is 4.12. The van der Waals surface area contributed by atoms with E-state index in [1.165, 1.54) is 0 Å². The van der Waals surface area contributed by atoms with Crippen molar-refractivity contribution in [3.8, 4) is 0 Å². The fourth-order valence-electron chi connectivity index (χ4n) is 1.43. The number of rotatable bonds is 5. The van der Waals surface area contributed by atoms with Crippen LogP contribution in [0.5, 0.6) is 0 Å². The lowest BCUT2D eigenvalue weighted by atomic mass is 10.1. The number of hydrogen-bond donors (Lipinski definition) is 2. The predicted octanol–water partition coefficient (Wildman–Crippen LogP) is 3.59. The molecule has 0 fully saturated rings. The van der Waals surface area contributed by atoms with E-state index in [1.807, 2.05) is 6.92 Å². The number of hydrogen-bond acceptors (Lipinski definition) is 2. The quantitative estimate of drug-likeness (QED) is 0.871. The van der Waals surface area contributed by atoms with Crippen molar-refractivity contribution in [1.82, 2.24) is 0 Å². The summed E-state index contributed by atoms with van der Waals surface area (Å²) in [4.78, 5) is 11.8. The van der Waals surface area contributed by atoms with Gasteiger partial charge in [0.15, 0.2) is 0 Å². The highest BCUT2D eigenvalue weighted by atomic mass is 35.5. The Labute approximate surface area is 115 Å². The van der Waals surface area contributed by atoms with Gasteiger partial charge in [0.25, 0.3) is 0 Å². The smallest absolute Gasteiger partial charge is 0.241 e. The van der Waals surface area contributed by atoms with Crippen LogP contribution in [-0.2, 0) is 4.79 Å². The van der Waals surface area contributed by atoms with Crippen molar-refractivity contribution in [2.24, 2.45) is 5.73 Å². The zero-order valence-corrected chi connectivity index (χ0v) is 11.5. The lowest BCUT2D eigenvalue weighted by molar-refractivity contribution is -0.117. The van der Waals surface area contributed by atoms with Crippen LogP contribution >= 0.6 is 23.2 Å². The normalized spacial score (nSPS) is 12.3. The molecule has 1 aromatic rings. The van der Waals surface area contributed by atoms with E-state index >= 15 is 0 Å². The Morgan fingerprint density at radius 1 is 1.44 bits per heavy atom. The molecule has 100 valence electrons. The summed E-state index contributed by atoms with van der Waals surface area (Å²) in [6.45, 7) is 2.01. The molecule has 0 saturated carbocycles. The van der Waals surface area contributed by atoms with Gasteiger partial charge in [0.05, 0.1) is 21.8 Å². The summed E-state index contributed by atoms with van der Waals surface area (Å²) >= 11 is 11.6. The molecule has 1 amide bonds. The summed E-state index contributed by atoms with van der Waals surface area (Å²) in [6.07, 6.45) is 2.40. The summed E-state index contributed by atoms with van der Waals surface area (Å²) in [5, 5.41) is 2.62. The van der Waals surface area contributed by atoms with E-state index in [2.05, 4.69) is 5.32 Å². The molecule has 3 nitrogen and oxygen atoms in total. The van der Waals surface area contributed by atoms with Crippen LogP contribution in [0.3, 0.4) is 0 Å². The molecule has 0 aromatic heterocycles. The Bertz CT molecular complexity index is 417. The van der Waals surface area contributed by atoms with Gasteiger partial charge in [-0.15, -0.1) is 0 Å². The molecule has 1 rings (SSSR count). The van der Waals surface area contributed by atoms with E-state index in [-0.39, 0.29) is 21.6 Å². The number of halogens is 3. The predicted molar refractivity (Wildman–Crippen MR) is 72.6 cm³/mol. The number of carbonyl (C=O) groups excluding carboxylic acids is 1. The number of unbranched alkanes of at least 4 members (excludes halogenated alkanes) is 1. The lowest BCUT2D eigenvalue weighted by Gasteiger charge is -2.14. The Morgan fingerprint density at radius 3 is 2.50 bits per heavy atom. The van der Waals surface area contributed by atoms with Crippen molar-refractivity contribution < 1.29 is 9.18 Å². The van der Waals surface area contributed by atoms with Crippen LogP contribution in [0.4, 0.5) is 10.1 Å².